The van der Waals surface area contributed by atoms with Crippen LogP contribution in [0.5, 0.6) is 0 Å². The Balaban J connectivity index is 1.65. The molecule has 0 aromatic carbocycles. The van der Waals surface area contributed by atoms with Crippen LogP contribution in [0.25, 0.3) is 0 Å². The van der Waals surface area contributed by atoms with Gasteiger partial charge in [0.1, 0.15) is 5.01 Å². The molecule has 2 rings (SSSR count). The molecule has 0 bridgehead atoms. The quantitative estimate of drug-likeness (QED) is 0.825. The molecular formula is C12H21N3S. The molecule has 1 fully saturated rings. The smallest absolute Gasteiger partial charge is 0.106 e. The number of nitrogens with zero attached hydrogens (tertiary/aromatic N) is 1. The maximum Gasteiger partial charge on any atom is 0.106 e. The van der Waals surface area contributed by atoms with Gasteiger partial charge in [0.2, 0.25) is 0 Å². The fourth-order valence-corrected chi connectivity index (χ4v) is 2.90. The van der Waals surface area contributed by atoms with Crippen molar-refractivity contribution in [3.8, 4) is 0 Å². The minimum absolute atomic E-state index is 0.652. The van der Waals surface area contributed by atoms with Crippen molar-refractivity contribution >= 4 is 11.3 Å². The Morgan fingerprint density at radius 3 is 3.31 bits per heavy atom. The Hall–Kier alpha value is -0.450. The molecule has 3 nitrogen and oxygen atoms in total. The largest absolute Gasteiger partial charge is 0.313 e. The predicted molar refractivity (Wildman–Crippen MR) is 68.6 cm³/mol. The third-order valence-electron chi connectivity index (χ3n) is 3.33. The number of piperidine rings is 1. The molecule has 2 N–H and O–H groups in total. The van der Waals surface area contributed by atoms with E-state index in [1.807, 2.05) is 11.6 Å². The zero-order chi connectivity index (χ0) is 11.2. The van der Waals surface area contributed by atoms with Crippen LogP contribution >= 0.6 is 11.3 Å². The first-order valence-electron chi connectivity index (χ1n) is 6.21. The minimum atomic E-state index is 0.652. The monoisotopic (exact) mass is 239 g/mol. The fraction of sp³-hybridized carbons (Fsp3) is 0.750. The van der Waals surface area contributed by atoms with Gasteiger partial charge >= 0.3 is 0 Å². The molecule has 2 heterocycles. The summed E-state index contributed by atoms with van der Waals surface area (Å²) in [6.45, 7) is 5.46. The minimum Gasteiger partial charge on any atom is -0.313 e. The Morgan fingerprint density at radius 1 is 1.62 bits per heavy atom. The second-order valence-corrected chi connectivity index (χ2v) is 5.49. The molecule has 0 aliphatic carbocycles. The molecule has 0 saturated carbocycles. The highest BCUT2D eigenvalue weighted by atomic mass is 32.1. The van der Waals surface area contributed by atoms with E-state index < -0.39 is 0 Å². The molecule has 4 heteroatoms. The van der Waals surface area contributed by atoms with Gasteiger partial charge in [-0.2, -0.15) is 0 Å². The van der Waals surface area contributed by atoms with Gasteiger partial charge in [0, 0.05) is 30.7 Å². The SMILES string of the molecule is CCC1CCNC(CNCc2nccs2)C1. The van der Waals surface area contributed by atoms with Crippen molar-refractivity contribution in [2.75, 3.05) is 13.1 Å². The number of hydrogen-bond donors (Lipinski definition) is 2. The van der Waals surface area contributed by atoms with Gasteiger partial charge in [0.25, 0.3) is 0 Å². The maximum absolute atomic E-state index is 4.27. The molecule has 1 aliphatic heterocycles. The lowest BCUT2D eigenvalue weighted by Crippen LogP contribution is -2.44. The van der Waals surface area contributed by atoms with Gasteiger partial charge in [-0.1, -0.05) is 13.3 Å². The summed E-state index contributed by atoms with van der Waals surface area (Å²) >= 11 is 1.72. The highest BCUT2D eigenvalue weighted by molar-refractivity contribution is 7.09. The van der Waals surface area contributed by atoms with E-state index in [0.29, 0.717) is 6.04 Å². The second-order valence-electron chi connectivity index (χ2n) is 4.51. The molecule has 0 spiro atoms. The van der Waals surface area contributed by atoms with Gasteiger partial charge < -0.3 is 10.6 Å². The van der Waals surface area contributed by atoms with Gasteiger partial charge in [0.15, 0.2) is 0 Å². The van der Waals surface area contributed by atoms with Crippen LogP contribution in [0.2, 0.25) is 0 Å². The van der Waals surface area contributed by atoms with Crippen LogP contribution < -0.4 is 10.6 Å². The first-order chi connectivity index (χ1) is 7.88. The summed E-state index contributed by atoms with van der Waals surface area (Å²) in [6, 6.07) is 0.652. The van der Waals surface area contributed by atoms with Crippen molar-refractivity contribution in [2.24, 2.45) is 5.92 Å². The van der Waals surface area contributed by atoms with Crippen molar-refractivity contribution in [2.45, 2.75) is 38.8 Å². The molecule has 1 aliphatic rings. The van der Waals surface area contributed by atoms with Crippen LogP contribution in [0.4, 0.5) is 0 Å². The van der Waals surface area contributed by atoms with E-state index in [4.69, 9.17) is 0 Å². The number of rotatable bonds is 5. The predicted octanol–water partition coefficient (Wildman–Crippen LogP) is 2.01. The van der Waals surface area contributed by atoms with Gasteiger partial charge in [0.05, 0.1) is 0 Å². The first kappa shape index (κ1) is 12.0. The topological polar surface area (TPSA) is 37.0 Å². The van der Waals surface area contributed by atoms with Crippen LogP contribution in [0.1, 0.15) is 31.2 Å². The van der Waals surface area contributed by atoms with Gasteiger partial charge in [-0.3, -0.25) is 0 Å². The van der Waals surface area contributed by atoms with E-state index in [2.05, 4.69) is 22.5 Å². The highest BCUT2D eigenvalue weighted by Crippen LogP contribution is 2.18. The number of nitrogens with one attached hydrogen (secondary N) is 2. The maximum atomic E-state index is 4.27. The molecule has 16 heavy (non-hydrogen) atoms. The molecular weight excluding hydrogens is 218 g/mol. The van der Waals surface area contributed by atoms with E-state index in [1.165, 1.54) is 30.8 Å². The van der Waals surface area contributed by atoms with E-state index in [-0.39, 0.29) is 0 Å². The summed E-state index contributed by atoms with van der Waals surface area (Å²) < 4.78 is 0. The average molecular weight is 239 g/mol. The summed E-state index contributed by atoms with van der Waals surface area (Å²) in [6.07, 6.45) is 5.86. The second kappa shape index (κ2) is 6.33. The molecule has 1 aromatic heterocycles. The average Bonchev–Trinajstić information content (AvgIpc) is 2.82. The van der Waals surface area contributed by atoms with E-state index in [0.717, 1.165) is 19.0 Å². The summed E-state index contributed by atoms with van der Waals surface area (Å²) in [5.41, 5.74) is 0. The Bertz CT molecular complexity index is 286. The molecule has 1 saturated heterocycles. The van der Waals surface area contributed by atoms with Crippen LogP contribution in [0.3, 0.4) is 0 Å². The Morgan fingerprint density at radius 2 is 2.56 bits per heavy atom. The lowest BCUT2D eigenvalue weighted by atomic mass is 9.90. The lowest BCUT2D eigenvalue weighted by molar-refractivity contribution is 0.288. The third-order valence-corrected chi connectivity index (χ3v) is 4.11. The number of thiazole rings is 1. The van der Waals surface area contributed by atoms with Crippen LogP contribution in [-0.4, -0.2) is 24.1 Å². The van der Waals surface area contributed by atoms with E-state index >= 15 is 0 Å². The zero-order valence-electron chi connectivity index (χ0n) is 9.91. The molecule has 2 atom stereocenters. The van der Waals surface area contributed by atoms with Crippen LogP contribution in [0.15, 0.2) is 11.6 Å². The van der Waals surface area contributed by atoms with Crippen LogP contribution in [0, 0.1) is 5.92 Å². The summed E-state index contributed by atoms with van der Waals surface area (Å²) in [7, 11) is 0. The molecule has 1 aromatic rings. The van der Waals surface area contributed by atoms with E-state index in [1.54, 1.807) is 11.3 Å². The van der Waals surface area contributed by atoms with Gasteiger partial charge in [-0.15, -0.1) is 11.3 Å². The van der Waals surface area contributed by atoms with Crippen molar-refractivity contribution in [1.82, 2.24) is 15.6 Å². The first-order valence-corrected chi connectivity index (χ1v) is 7.09. The van der Waals surface area contributed by atoms with Gasteiger partial charge in [-0.05, 0) is 25.3 Å². The molecule has 0 radical (unpaired) electrons. The summed E-state index contributed by atoms with van der Waals surface area (Å²) in [5, 5.41) is 10.3. The summed E-state index contributed by atoms with van der Waals surface area (Å²) in [5.74, 6) is 0.924. The number of hydrogen-bond acceptors (Lipinski definition) is 4. The van der Waals surface area contributed by atoms with Crippen molar-refractivity contribution in [1.29, 1.82) is 0 Å². The van der Waals surface area contributed by atoms with Crippen LogP contribution in [-0.2, 0) is 6.54 Å². The van der Waals surface area contributed by atoms with Crippen molar-refractivity contribution in [3.63, 3.8) is 0 Å². The van der Waals surface area contributed by atoms with E-state index in [9.17, 15) is 0 Å². The summed E-state index contributed by atoms with van der Waals surface area (Å²) in [4.78, 5) is 4.27. The molecule has 2 unspecified atom stereocenters. The van der Waals surface area contributed by atoms with Crippen molar-refractivity contribution < 1.29 is 0 Å². The normalized spacial score (nSPS) is 25.8. The third kappa shape index (κ3) is 3.54. The Kier molecular flexibility index (Phi) is 4.75. The standard InChI is InChI=1S/C12H21N3S/c1-2-10-3-4-14-11(7-10)8-13-9-12-15-5-6-16-12/h5-6,10-11,13-14H,2-4,7-9H2,1H3. The fourth-order valence-electron chi connectivity index (χ4n) is 2.32. The highest BCUT2D eigenvalue weighted by Gasteiger charge is 2.19. The zero-order valence-corrected chi connectivity index (χ0v) is 10.7. The molecule has 90 valence electrons. The van der Waals surface area contributed by atoms with Crippen molar-refractivity contribution in [3.05, 3.63) is 16.6 Å². The Labute approximate surface area is 102 Å². The number of aromatic nitrogens is 1. The lowest BCUT2D eigenvalue weighted by Gasteiger charge is -2.29. The van der Waals surface area contributed by atoms with Gasteiger partial charge in [-0.25, -0.2) is 4.98 Å². The molecule has 0 amide bonds.